The molecule has 0 saturated carbocycles. The predicted molar refractivity (Wildman–Crippen MR) is 96.6 cm³/mol. The van der Waals surface area contributed by atoms with Gasteiger partial charge in [0.25, 0.3) is 0 Å². The van der Waals surface area contributed by atoms with E-state index in [0.29, 0.717) is 30.7 Å². The van der Waals surface area contributed by atoms with Gasteiger partial charge in [0.05, 0.1) is 19.6 Å². The van der Waals surface area contributed by atoms with Crippen molar-refractivity contribution < 1.29 is 17.9 Å². The highest BCUT2D eigenvalue weighted by molar-refractivity contribution is 14.0. The Morgan fingerprint density at radius 3 is 2.35 bits per heavy atom. The Hall–Kier alpha value is -0.740. The Morgan fingerprint density at radius 1 is 1.17 bits per heavy atom. The number of aliphatic imine (C=N–C) groups is 1. The molecular weight excluding hydrogens is 446 g/mol. The van der Waals surface area contributed by atoms with Crippen molar-refractivity contribution in [2.75, 3.05) is 26.7 Å². The average molecular weight is 466 g/mol. The van der Waals surface area contributed by atoms with E-state index in [1.807, 2.05) is 12.1 Å². The molecule has 0 saturated heterocycles. The van der Waals surface area contributed by atoms with Gasteiger partial charge in [0.2, 0.25) is 0 Å². The van der Waals surface area contributed by atoms with E-state index in [0.717, 1.165) is 5.56 Å². The van der Waals surface area contributed by atoms with Crippen LogP contribution in [-0.4, -0.2) is 38.9 Å². The van der Waals surface area contributed by atoms with E-state index >= 15 is 0 Å². The normalized spacial score (nSPS) is 11.8. The first-order chi connectivity index (χ1) is 10.4. The summed E-state index contributed by atoms with van der Waals surface area (Å²) >= 11 is 5.77. The molecular formula is C14H20ClF3IN3O. The van der Waals surface area contributed by atoms with Crippen molar-refractivity contribution in [1.82, 2.24) is 10.6 Å². The highest BCUT2D eigenvalue weighted by Gasteiger charge is 2.26. The third-order valence-electron chi connectivity index (χ3n) is 2.65. The maximum atomic E-state index is 12.0. The number of ether oxygens (including phenoxy) is 1. The Morgan fingerprint density at radius 2 is 1.78 bits per heavy atom. The smallest absolute Gasteiger partial charge is 0.375 e. The quantitative estimate of drug-likeness (QED) is 0.280. The van der Waals surface area contributed by atoms with Gasteiger partial charge < -0.3 is 15.4 Å². The maximum Gasteiger partial charge on any atom is 0.390 e. The van der Waals surface area contributed by atoms with E-state index in [-0.39, 0.29) is 30.5 Å². The maximum absolute atomic E-state index is 12.0. The number of alkyl halides is 3. The van der Waals surface area contributed by atoms with Crippen molar-refractivity contribution in [1.29, 1.82) is 0 Å². The molecule has 1 aromatic carbocycles. The first kappa shape index (κ1) is 22.3. The molecule has 0 aliphatic heterocycles. The Labute approximate surface area is 155 Å². The monoisotopic (exact) mass is 465 g/mol. The van der Waals surface area contributed by atoms with Crippen LogP contribution in [0.25, 0.3) is 0 Å². The Bertz CT molecular complexity index is 469. The molecule has 23 heavy (non-hydrogen) atoms. The van der Waals surface area contributed by atoms with Gasteiger partial charge in [-0.25, -0.2) is 0 Å². The minimum absolute atomic E-state index is 0. The molecule has 0 bridgehead atoms. The molecule has 0 atom stereocenters. The van der Waals surface area contributed by atoms with E-state index in [2.05, 4.69) is 15.6 Å². The Kier molecular flexibility index (Phi) is 11.4. The summed E-state index contributed by atoms with van der Waals surface area (Å²) in [5.74, 6) is 0.319. The van der Waals surface area contributed by atoms with Crippen LogP contribution in [0.5, 0.6) is 0 Å². The minimum atomic E-state index is -4.17. The summed E-state index contributed by atoms with van der Waals surface area (Å²) in [5, 5.41) is 6.13. The highest BCUT2D eigenvalue weighted by Crippen LogP contribution is 2.18. The third-order valence-corrected chi connectivity index (χ3v) is 2.90. The standard InChI is InChI=1S/C14H19ClF3N3O.HI/c1-19-13(20-7-6-14(16,17)18)21-8-9-22-10-11-2-4-12(15)5-3-11;/h2-5H,6-10H2,1H3,(H2,19,20,21);1H. The molecule has 2 N–H and O–H groups in total. The van der Waals surface area contributed by atoms with Crippen molar-refractivity contribution in [3.8, 4) is 0 Å². The predicted octanol–water partition coefficient (Wildman–Crippen LogP) is 3.59. The molecule has 132 valence electrons. The van der Waals surface area contributed by atoms with Gasteiger partial charge in [-0.2, -0.15) is 13.2 Å². The van der Waals surface area contributed by atoms with Crippen LogP contribution in [0.3, 0.4) is 0 Å². The second kappa shape index (κ2) is 11.7. The summed E-state index contributed by atoms with van der Waals surface area (Å²) in [6.07, 6.45) is -5.08. The van der Waals surface area contributed by atoms with Crippen LogP contribution in [0.15, 0.2) is 29.3 Å². The van der Waals surface area contributed by atoms with Crippen molar-refractivity contribution in [2.45, 2.75) is 19.2 Å². The largest absolute Gasteiger partial charge is 0.390 e. The number of hydrogen-bond acceptors (Lipinski definition) is 2. The molecule has 4 nitrogen and oxygen atoms in total. The first-order valence-electron chi connectivity index (χ1n) is 6.74. The minimum Gasteiger partial charge on any atom is -0.375 e. The summed E-state index contributed by atoms with van der Waals surface area (Å²) < 4.78 is 41.5. The van der Waals surface area contributed by atoms with Crippen LogP contribution in [0, 0.1) is 0 Å². The van der Waals surface area contributed by atoms with Gasteiger partial charge in [0.15, 0.2) is 5.96 Å². The third kappa shape index (κ3) is 11.4. The fourth-order valence-electron chi connectivity index (χ4n) is 1.56. The number of rotatable bonds is 7. The number of guanidine groups is 1. The van der Waals surface area contributed by atoms with Gasteiger partial charge in [-0.1, -0.05) is 23.7 Å². The van der Waals surface area contributed by atoms with Crippen LogP contribution in [0.1, 0.15) is 12.0 Å². The van der Waals surface area contributed by atoms with Crippen molar-refractivity contribution in [2.24, 2.45) is 4.99 Å². The van der Waals surface area contributed by atoms with E-state index in [9.17, 15) is 13.2 Å². The van der Waals surface area contributed by atoms with Gasteiger partial charge in [0.1, 0.15) is 0 Å². The van der Waals surface area contributed by atoms with Gasteiger partial charge in [-0.05, 0) is 17.7 Å². The lowest BCUT2D eigenvalue weighted by Crippen LogP contribution is -2.40. The Balaban J connectivity index is 0.00000484. The molecule has 0 heterocycles. The lowest BCUT2D eigenvalue weighted by atomic mass is 10.2. The number of nitrogens with one attached hydrogen (secondary N) is 2. The molecule has 0 radical (unpaired) electrons. The van der Waals surface area contributed by atoms with E-state index in [1.165, 1.54) is 7.05 Å². The number of nitrogens with zero attached hydrogens (tertiary/aromatic N) is 1. The van der Waals surface area contributed by atoms with Crippen molar-refractivity contribution in [3.63, 3.8) is 0 Å². The van der Waals surface area contributed by atoms with Crippen LogP contribution in [0.2, 0.25) is 5.02 Å². The molecule has 0 unspecified atom stereocenters. The molecule has 0 fully saturated rings. The first-order valence-corrected chi connectivity index (χ1v) is 7.12. The summed E-state index contributed by atoms with van der Waals surface area (Å²) in [4.78, 5) is 3.83. The molecule has 0 aliphatic carbocycles. The zero-order valence-electron chi connectivity index (χ0n) is 12.6. The SMILES string of the molecule is CN=C(NCCOCc1ccc(Cl)cc1)NCCC(F)(F)F.I. The molecule has 0 aliphatic rings. The second-order valence-corrected chi connectivity index (χ2v) is 4.91. The number of hydrogen-bond donors (Lipinski definition) is 2. The summed E-state index contributed by atoms with van der Waals surface area (Å²) in [7, 11) is 1.50. The molecule has 0 amide bonds. The fourth-order valence-corrected chi connectivity index (χ4v) is 1.68. The van der Waals surface area contributed by atoms with Gasteiger partial charge in [-0.3, -0.25) is 4.99 Å². The number of halogens is 5. The second-order valence-electron chi connectivity index (χ2n) is 4.47. The topological polar surface area (TPSA) is 45.7 Å². The van der Waals surface area contributed by atoms with Crippen LogP contribution in [-0.2, 0) is 11.3 Å². The van der Waals surface area contributed by atoms with Crippen molar-refractivity contribution in [3.05, 3.63) is 34.9 Å². The van der Waals surface area contributed by atoms with Crippen LogP contribution in [0.4, 0.5) is 13.2 Å². The lowest BCUT2D eigenvalue weighted by molar-refractivity contribution is -0.132. The molecule has 9 heteroatoms. The van der Waals surface area contributed by atoms with E-state index < -0.39 is 12.6 Å². The summed E-state index contributed by atoms with van der Waals surface area (Å²) in [6.45, 7) is 1.08. The highest BCUT2D eigenvalue weighted by atomic mass is 127. The molecule has 1 aromatic rings. The molecule has 1 rings (SSSR count). The van der Waals surface area contributed by atoms with Crippen LogP contribution < -0.4 is 10.6 Å². The fraction of sp³-hybridized carbons (Fsp3) is 0.500. The average Bonchev–Trinajstić information content (AvgIpc) is 2.45. The summed E-state index contributed by atoms with van der Waals surface area (Å²) in [6, 6.07) is 7.30. The van der Waals surface area contributed by atoms with Crippen LogP contribution >= 0.6 is 35.6 Å². The van der Waals surface area contributed by atoms with Crippen molar-refractivity contribution >= 4 is 41.5 Å². The lowest BCUT2D eigenvalue weighted by Gasteiger charge is -2.13. The zero-order valence-corrected chi connectivity index (χ0v) is 15.7. The van der Waals surface area contributed by atoms with Gasteiger partial charge in [-0.15, -0.1) is 24.0 Å². The van der Waals surface area contributed by atoms with E-state index in [1.54, 1.807) is 12.1 Å². The zero-order chi connectivity index (χ0) is 16.4. The summed E-state index contributed by atoms with van der Waals surface area (Å²) in [5.41, 5.74) is 0.997. The number of benzene rings is 1. The van der Waals surface area contributed by atoms with Gasteiger partial charge in [0, 0.05) is 25.2 Å². The van der Waals surface area contributed by atoms with Gasteiger partial charge >= 0.3 is 6.18 Å². The molecule has 0 spiro atoms. The van der Waals surface area contributed by atoms with E-state index in [4.69, 9.17) is 16.3 Å². The molecule has 0 aromatic heterocycles.